The summed E-state index contributed by atoms with van der Waals surface area (Å²) in [5.74, 6) is -0.408. The van der Waals surface area contributed by atoms with Crippen LogP contribution in [0.5, 0.6) is 5.88 Å². The van der Waals surface area contributed by atoms with Gasteiger partial charge in [0.1, 0.15) is 0 Å². The molecule has 1 aromatic heterocycles. The van der Waals surface area contributed by atoms with Crippen molar-refractivity contribution in [2.75, 3.05) is 0 Å². The fourth-order valence-electron chi connectivity index (χ4n) is 2.96. The van der Waals surface area contributed by atoms with Gasteiger partial charge in [0.15, 0.2) is 0 Å². The van der Waals surface area contributed by atoms with Gasteiger partial charge in [-0.1, -0.05) is 54.3 Å². The molecule has 0 unspecified atom stereocenters. The standard InChI is InChI=1S/C17H21N3O4/c21-15-12-19(11-13-7-3-1-4-8-13)17(23)20(15)24-16(22)18-14-9-5-2-6-10-14/h1,3-4,7-8,12,14,21H,2,5-6,9-11H2,(H,18,22). The zero-order valence-corrected chi connectivity index (χ0v) is 13.4. The topological polar surface area (TPSA) is 85.5 Å². The molecule has 7 heteroatoms. The van der Waals surface area contributed by atoms with Gasteiger partial charge in [0, 0.05) is 6.04 Å². The second-order valence-electron chi connectivity index (χ2n) is 6.04. The third-order valence-corrected chi connectivity index (χ3v) is 4.20. The summed E-state index contributed by atoms with van der Waals surface area (Å²) >= 11 is 0. The molecule has 0 atom stereocenters. The summed E-state index contributed by atoms with van der Waals surface area (Å²) in [6.07, 6.45) is 5.67. The highest BCUT2D eigenvalue weighted by atomic mass is 16.7. The zero-order valence-electron chi connectivity index (χ0n) is 13.4. The minimum atomic E-state index is -0.725. The highest BCUT2D eigenvalue weighted by Gasteiger charge is 2.19. The summed E-state index contributed by atoms with van der Waals surface area (Å²) in [6, 6.07) is 9.43. The number of amides is 1. The van der Waals surface area contributed by atoms with Gasteiger partial charge in [0.25, 0.3) is 0 Å². The van der Waals surface area contributed by atoms with Gasteiger partial charge >= 0.3 is 11.8 Å². The molecular formula is C17H21N3O4. The van der Waals surface area contributed by atoms with E-state index in [2.05, 4.69) is 5.32 Å². The van der Waals surface area contributed by atoms with Crippen molar-refractivity contribution in [2.24, 2.45) is 0 Å². The molecule has 1 aliphatic rings. The van der Waals surface area contributed by atoms with E-state index in [9.17, 15) is 14.7 Å². The van der Waals surface area contributed by atoms with E-state index in [-0.39, 0.29) is 12.6 Å². The molecule has 0 aliphatic heterocycles. The predicted molar refractivity (Wildman–Crippen MR) is 87.9 cm³/mol. The van der Waals surface area contributed by atoms with Crippen molar-refractivity contribution in [1.29, 1.82) is 0 Å². The number of rotatable bonds is 4. The number of hydrogen-bond acceptors (Lipinski definition) is 4. The molecule has 0 spiro atoms. The predicted octanol–water partition coefficient (Wildman–Crippen LogP) is 1.87. The molecule has 2 aromatic rings. The quantitative estimate of drug-likeness (QED) is 0.896. The van der Waals surface area contributed by atoms with E-state index in [0.29, 0.717) is 4.73 Å². The summed E-state index contributed by atoms with van der Waals surface area (Å²) in [5.41, 5.74) is 0.304. The maximum atomic E-state index is 12.3. The first-order chi connectivity index (χ1) is 11.6. The lowest BCUT2D eigenvalue weighted by atomic mass is 9.96. The average Bonchev–Trinajstić information content (AvgIpc) is 2.84. The maximum Gasteiger partial charge on any atom is 0.432 e. The van der Waals surface area contributed by atoms with E-state index >= 15 is 0 Å². The van der Waals surface area contributed by atoms with Gasteiger partial charge in [0.05, 0.1) is 12.7 Å². The summed E-state index contributed by atoms with van der Waals surface area (Å²) in [5, 5.41) is 12.6. The van der Waals surface area contributed by atoms with Crippen molar-refractivity contribution in [3.05, 3.63) is 52.6 Å². The fraction of sp³-hybridized carbons (Fsp3) is 0.412. The van der Waals surface area contributed by atoms with E-state index in [1.165, 1.54) is 17.2 Å². The normalized spacial score (nSPS) is 15.2. The van der Waals surface area contributed by atoms with Crippen LogP contribution in [0.15, 0.2) is 41.3 Å². The van der Waals surface area contributed by atoms with Crippen LogP contribution >= 0.6 is 0 Å². The third-order valence-electron chi connectivity index (χ3n) is 4.20. The molecule has 3 rings (SSSR count). The number of benzene rings is 1. The first-order valence-electron chi connectivity index (χ1n) is 8.17. The van der Waals surface area contributed by atoms with Gasteiger partial charge < -0.3 is 15.3 Å². The van der Waals surface area contributed by atoms with Gasteiger partial charge in [-0.3, -0.25) is 4.57 Å². The van der Waals surface area contributed by atoms with Gasteiger partial charge in [-0.2, -0.15) is 0 Å². The van der Waals surface area contributed by atoms with E-state index in [1.54, 1.807) is 0 Å². The summed E-state index contributed by atoms with van der Waals surface area (Å²) < 4.78 is 1.90. The molecule has 1 amide bonds. The lowest BCUT2D eigenvalue weighted by Crippen LogP contribution is -2.43. The van der Waals surface area contributed by atoms with Crippen molar-refractivity contribution in [3.8, 4) is 5.88 Å². The molecule has 1 aliphatic carbocycles. The Morgan fingerprint density at radius 1 is 1.21 bits per heavy atom. The van der Waals surface area contributed by atoms with Crippen LogP contribution in [0.2, 0.25) is 0 Å². The third kappa shape index (κ3) is 3.79. The van der Waals surface area contributed by atoms with E-state index in [4.69, 9.17) is 4.84 Å². The Hall–Kier alpha value is -2.70. The van der Waals surface area contributed by atoms with Crippen LogP contribution in [-0.4, -0.2) is 26.5 Å². The molecule has 128 valence electrons. The molecule has 1 fully saturated rings. The molecular weight excluding hydrogens is 310 g/mol. The van der Waals surface area contributed by atoms with Crippen LogP contribution < -0.4 is 15.8 Å². The van der Waals surface area contributed by atoms with Crippen LogP contribution in [0.1, 0.15) is 37.7 Å². The molecule has 1 aromatic carbocycles. The Morgan fingerprint density at radius 2 is 1.92 bits per heavy atom. The Morgan fingerprint density at radius 3 is 2.62 bits per heavy atom. The Bertz CT molecular complexity index is 745. The number of imidazole rings is 1. The smallest absolute Gasteiger partial charge is 0.432 e. The average molecular weight is 331 g/mol. The number of carbonyl (C=O) groups is 1. The molecule has 0 radical (unpaired) electrons. The monoisotopic (exact) mass is 331 g/mol. The Balaban J connectivity index is 1.67. The molecule has 0 bridgehead atoms. The number of aromatic nitrogens is 2. The van der Waals surface area contributed by atoms with Gasteiger partial charge in [-0.25, -0.2) is 9.59 Å². The molecule has 1 heterocycles. The van der Waals surface area contributed by atoms with Crippen molar-refractivity contribution in [3.63, 3.8) is 0 Å². The summed E-state index contributed by atoms with van der Waals surface area (Å²) in [6.45, 7) is 0.286. The first-order valence-corrected chi connectivity index (χ1v) is 8.17. The molecule has 1 saturated carbocycles. The number of aromatic hydroxyl groups is 1. The van der Waals surface area contributed by atoms with Gasteiger partial charge in [0.2, 0.25) is 5.88 Å². The summed E-state index contributed by atoms with van der Waals surface area (Å²) in [4.78, 5) is 29.2. The van der Waals surface area contributed by atoms with Gasteiger partial charge in [-0.15, -0.1) is 0 Å². The molecule has 7 nitrogen and oxygen atoms in total. The largest absolute Gasteiger partial charge is 0.491 e. The Labute approximate surface area is 139 Å². The SMILES string of the molecule is O=C(NC1CCCCC1)On1c(O)cn(Cc2ccccc2)c1=O. The molecule has 2 N–H and O–H groups in total. The minimum Gasteiger partial charge on any atom is -0.491 e. The summed E-state index contributed by atoms with van der Waals surface area (Å²) in [7, 11) is 0. The number of nitrogens with zero attached hydrogens (tertiary/aromatic N) is 2. The van der Waals surface area contributed by atoms with Crippen molar-refractivity contribution < 1.29 is 14.7 Å². The maximum absolute atomic E-state index is 12.3. The Kier molecular flexibility index (Phi) is 4.88. The van der Waals surface area contributed by atoms with Gasteiger partial charge in [-0.05, 0) is 18.4 Å². The van der Waals surface area contributed by atoms with Crippen molar-refractivity contribution >= 4 is 6.09 Å². The number of nitrogens with one attached hydrogen (secondary N) is 1. The minimum absolute atomic E-state index is 0.0653. The lowest BCUT2D eigenvalue weighted by Gasteiger charge is -2.21. The first kappa shape index (κ1) is 16.2. The highest BCUT2D eigenvalue weighted by Crippen LogP contribution is 2.17. The zero-order chi connectivity index (χ0) is 16.9. The van der Waals surface area contributed by atoms with E-state index in [0.717, 1.165) is 31.2 Å². The van der Waals surface area contributed by atoms with Crippen LogP contribution in [0.25, 0.3) is 0 Å². The van der Waals surface area contributed by atoms with Crippen LogP contribution in [0, 0.1) is 0 Å². The van der Waals surface area contributed by atoms with Crippen molar-refractivity contribution in [1.82, 2.24) is 14.6 Å². The van der Waals surface area contributed by atoms with Crippen LogP contribution in [0.3, 0.4) is 0 Å². The van der Waals surface area contributed by atoms with Crippen LogP contribution in [-0.2, 0) is 6.54 Å². The molecule has 24 heavy (non-hydrogen) atoms. The number of hydrogen-bond donors (Lipinski definition) is 2. The molecule has 0 saturated heterocycles. The second-order valence-corrected chi connectivity index (χ2v) is 6.04. The fourth-order valence-corrected chi connectivity index (χ4v) is 2.96. The van der Waals surface area contributed by atoms with Crippen molar-refractivity contribution in [2.45, 2.75) is 44.7 Å². The lowest BCUT2D eigenvalue weighted by molar-refractivity contribution is 0.110. The number of carbonyl (C=O) groups excluding carboxylic acids is 1. The highest BCUT2D eigenvalue weighted by molar-refractivity contribution is 5.68. The van der Waals surface area contributed by atoms with E-state index in [1.807, 2.05) is 30.3 Å². The second kappa shape index (κ2) is 7.25. The van der Waals surface area contributed by atoms with Crippen LogP contribution in [0.4, 0.5) is 4.79 Å². The van der Waals surface area contributed by atoms with E-state index < -0.39 is 17.7 Å².